The van der Waals surface area contributed by atoms with Crippen LogP contribution in [0.3, 0.4) is 0 Å². The third-order valence-corrected chi connectivity index (χ3v) is 3.90. The van der Waals surface area contributed by atoms with Gasteiger partial charge in [-0.3, -0.25) is 9.59 Å². The quantitative estimate of drug-likeness (QED) is 0.647. The molecule has 1 atom stereocenters. The average Bonchev–Trinajstić information content (AvgIpc) is 3.24. The van der Waals surface area contributed by atoms with Crippen molar-refractivity contribution in [2.24, 2.45) is 5.92 Å². The van der Waals surface area contributed by atoms with Gasteiger partial charge in [-0.1, -0.05) is 26.0 Å². The van der Waals surface area contributed by atoms with Crippen molar-refractivity contribution >= 4 is 29.4 Å². The molecule has 2 amide bonds. The molecule has 154 valence electrons. The molecule has 29 heavy (non-hydrogen) atoms. The molecule has 0 saturated carbocycles. The summed E-state index contributed by atoms with van der Waals surface area (Å²) in [4.78, 5) is 48.3. The van der Waals surface area contributed by atoms with Gasteiger partial charge in [0.15, 0.2) is 12.4 Å². The molecule has 0 saturated heterocycles. The minimum atomic E-state index is -0.970. The molecule has 9 nitrogen and oxygen atoms in total. The smallest absolute Gasteiger partial charge is 0.339 e. The first kappa shape index (κ1) is 21.7. The number of amides is 2. The number of benzene rings is 1. The predicted octanol–water partition coefficient (Wildman–Crippen LogP) is 2.00. The number of carbonyl (C=O) groups excluding carboxylic acids is 4. The van der Waals surface area contributed by atoms with Crippen molar-refractivity contribution in [1.82, 2.24) is 5.32 Å². The number of esters is 2. The number of para-hydroxylation sites is 1. The topological polar surface area (TPSA) is 124 Å². The molecular weight excluding hydrogens is 380 g/mol. The van der Waals surface area contributed by atoms with Gasteiger partial charge in [-0.2, -0.15) is 0 Å². The molecule has 1 aromatic carbocycles. The van der Waals surface area contributed by atoms with Crippen LogP contribution in [0.5, 0.6) is 0 Å². The molecule has 0 radical (unpaired) electrons. The maximum Gasteiger partial charge on any atom is 0.339 e. The molecule has 0 aliphatic rings. The van der Waals surface area contributed by atoms with Gasteiger partial charge in [0.05, 0.1) is 24.6 Å². The van der Waals surface area contributed by atoms with E-state index >= 15 is 0 Å². The Bertz CT molecular complexity index is 875. The molecule has 2 N–H and O–H groups in total. The van der Waals surface area contributed by atoms with Crippen LogP contribution in [-0.4, -0.2) is 43.5 Å². The molecule has 1 heterocycles. The lowest BCUT2D eigenvalue weighted by atomic mass is 10.0. The van der Waals surface area contributed by atoms with E-state index in [2.05, 4.69) is 15.4 Å². The van der Waals surface area contributed by atoms with Crippen molar-refractivity contribution in [3.63, 3.8) is 0 Å². The molecule has 0 bridgehead atoms. The summed E-state index contributed by atoms with van der Waals surface area (Å²) >= 11 is 0. The van der Waals surface area contributed by atoms with Crippen LogP contribution in [0.1, 0.15) is 34.8 Å². The second kappa shape index (κ2) is 10.1. The largest absolute Gasteiger partial charge is 0.465 e. The number of hydrogen-bond donors (Lipinski definition) is 2. The van der Waals surface area contributed by atoms with E-state index in [1.165, 1.54) is 31.6 Å². The minimum Gasteiger partial charge on any atom is -0.465 e. The van der Waals surface area contributed by atoms with Gasteiger partial charge in [-0.15, -0.1) is 0 Å². The molecule has 0 aliphatic carbocycles. The van der Waals surface area contributed by atoms with E-state index in [1.807, 2.05) is 0 Å². The number of ether oxygens (including phenoxy) is 2. The van der Waals surface area contributed by atoms with Crippen LogP contribution in [-0.2, 0) is 19.1 Å². The second-order valence-corrected chi connectivity index (χ2v) is 6.37. The van der Waals surface area contributed by atoms with Crippen LogP contribution in [0.15, 0.2) is 47.1 Å². The first-order chi connectivity index (χ1) is 13.8. The van der Waals surface area contributed by atoms with E-state index in [9.17, 15) is 19.2 Å². The van der Waals surface area contributed by atoms with Gasteiger partial charge in [-0.25, -0.2) is 9.59 Å². The Morgan fingerprint density at radius 3 is 2.41 bits per heavy atom. The minimum absolute atomic E-state index is 0.0561. The number of nitrogens with one attached hydrogen (secondary N) is 2. The Kier molecular flexibility index (Phi) is 7.53. The van der Waals surface area contributed by atoms with Gasteiger partial charge in [0.25, 0.3) is 11.8 Å². The normalized spacial score (nSPS) is 11.4. The van der Waals surface area contributed by atoms with Crippen molar-refractivity contribution < 1.29 is 33.1 Å². The Morgan fingerprint density at radius 1 is 1.07 bits per heavy atom. The van der Waals surface area contributed by atoms with E-state index in [0.717, 1.165) is 0 Å². The molecule has 0 aliphatic heterocycles. The first-order valence-corrected chi connectivity index (χ1v) is 8.81. The average molecular weight is 402 g/mol. The lowest BCUT2D eigenvalue weighted by Crippen LogP contribution is -2.45. The van der Waals surface area contributed by atoms with Crippen LogP contribution >= 0.6 is 0 Å². The molecule has 1 aromatic heterocycles. The molecule has 0 unspecified atom stereocenters. The molecule has 9 heteroatoms. The summed E-state index contributed by atoms with van der Waals surface area (Å²) in [5.74, 6) is -2.82. The number of rotatable bonds is 8. The zero-order valence-electron chi connectivity index (χ0n) is 16.3. The maximum atomic E-state index is 12.3. The van der Waals surface area contributed by atoms with Gasteiger partial charge >= 0.3 is 11.9 Å². The zero-order valence-corrected chi connectivity index (χ0v) is 16.3. The standard InChI is InChI=1S/C20H22N2O7/c1-12(2)17(22-18(24)15-9-6-10-28-15)20(26)29-11-16(23)21-14-8-5-4-7-13(14)19(25)27-3/h4-10,12,17H,11H2,1-3H3,(H,21,23)(H,22,24)/t17-/m0/s1. The highest BCUT2D eigenvalue weighted by molar-refractivity contribution is 6.02. The first-order valence-electron chi connectivity index (χ1n) is 8.81. The Morgan fingerprint density at radius 2 is 1.79 bits per heavy atom. The van der Waals surface area contributed by atoms with E-state index < -0.39 is 36.4 Å². The van der Waals surface area contributed by atoms with Gasteiger partial charge in [-0.05, 0) is 30.2 Å². The number of furan rings is 1. The van der Waals surface area contributed by atoms with E-state index in [-0.39, 0.29) is 22.9 Å². The third-order valence-electron chi connectivity index (χ3n) is 3.90. The molecule has 0 fully saturated rings. The van der Waals surface area contributed by atoms with Crippen LogP contribution in [0.2, 0.25) is 0 Å². The van der Waals surface area contributed by atoms with Gasteiger partial charge in [0.1, 0.15) is 6.04 Å². The van der Waals surface area contributed by atoms with Crippen LogP contribution in [0.4, 0.5) is 5.69 Å². The molecule has 2 aromatic rings. The lowest BCUT2D eigenvalue weighted by Gasteiger charge is -2.20. The number of anilines is 1. The van der Waals surface area contributed by atoms with Crippen molar-refractivity contribution in [2.75, 3.05) is 19.0 Å². The van der Waals surface area contributed by atoms with Crippen molar-refractivity contribution in [3.05, 3.63) is 54.0 Å². The SMILES string of the molecule is COC(=O)c1ccccc1NC(=O)COC(=O)[C@@H](NC(=O)c1ccco1)C(C)C. The fourth-order valence-electron chi connectivity index (χ4n) is 2.41. The van der Waals surface area contributed by atoms with Gasteiger partial charge in [0, 0.05) is 0 Å². The van der Waals surface area contributed by atoms with E-state index in [4.69, 9.17) is 9.15 Å². The van der Waals surface area contributed by atoms with Gasteiger partial charge in [0.2, 0.25) is 0 Å². The number of methoxy groups -OCH3 is 1. The maximum absolute atomic E-state index is 12.3. The second-order valence-electron chi connectivity index (χ2n) is 6.37. The fourth-order valence-corrected chi connectivity index (χ4v) is 2.41. The van der Waals surface area contributed by atoms with Crippen molar-refractivity contribution in [2.45, 2.75) is 19.9 Å². The predicted molar refractivity (Wildman–Crippen MR) is 102 cm³/mol. The molecule has 2 rings (SSSR count). The van der Waals surface area contributed by atoms with Crippen LogP contribution < -0.4 is 10.6 Å². The highest BCUT2D eigenvalue weighted by Crippen LogP contribution is 2.16. The monoisotopic (exact) mass is 402 g/mol. The number of hydrogen-bond acceptors (Lipinski definition) is 7. The zero-order chi connectivity index (χ0) is 21.4. The lowest BCUT2D eigenvalue weighted by molar-refractivity contribution is -0.150. The highest BCUT2D eigenvalue weighted by atomic mass is 16.5. The summed E-state index contributed by atoms with van der Waals surface area (Å²) in [7, 11) is 1.23. The summed E-state index contributed by atoms with van der Waals surface area (Å²) < 4.78 is 14.7. The molecule has 0 spiro atoms. The summed E-state index contributed by atoms with van der Waals surface area (Å²) in [5.41, 5.74) is 0.396. The van der Waals surface area contributed by atoms with Gasteiger partial charge < -0.3 is 24.5 Å². The fraction of sp³-hybridized carbons (Fsp3) is 0.300. The van der Waals surface area contributed by atoms with Crippen molar-refractivity contribution in [3.8, 4) is 0 Å². The summed E-state index contributed by atoms with van der Waals surface area (Å²) in [6.07, 6.45) is 1.34. The third kappa shape index (κ3) is 5.93. The van der Waals surface area contributed by atoms with Crippen molar-refractivity contribution in [1.29, 1.82) is 0 Å². The Balaban J connectivity index is 1.95. The highest BCUT2D eigenvalue weighted by Gasteiger charge is 2.27. The van der Waals surface area contributed by atoms with E-state index in [0.29, 0.717) is 0 Å². The summed E-state index contributed by atoms with van der Waals surface area (Å²) in [6, 6.07) is 8.31. The Labute approximate surface area is 167 Å². The number of carbonyl (C=O) groups is 4. The summed E-state index contributed by atoms with van der Waals surface area (Å²) in [6.45, 7) is 2.86. The van der Waals surface area contributed by atoms with Crippen LogP contribution in [0.25, 0.3) is 0 Å². The summed E-state index contributed by atoms with van der Waals surface area (Å²) in [5, 5.41) is 5.02. The molecular formula is C20H22N2O7. The Hall–Kier alpha value is -3.62. The van der Waals surface area contributed by atoms with Crippen LogP contribution in [0, 0.1) is 5.92 Å². The van der Waals surface area contributed by atoms with E-state index in [1.54, 1.807) is 32.0 Å².